The molecule has 2 saturated heterocycles. The van der Waals surface area contributed by atoms with Crippen molar-refractivity contribution in [2.45, 2.75) is 25.2 Å². The molecule has 0 unspecified atom stereocenters. The van der Waals surface area contributed by atoms with Crippen molar-refractivity contribution in [2.75, 3.05) is 26.2 Å². The Balaban J connectivity index is 0.000000980. The average molecular weight is 229 g/mol. The lowest BCUT2D eigenvalue weighted by Crippen LogP contribution is -2.56. The van der Waals surface area contributed by atoms with E-state index in [-0.39, 0.29) is 18.5 Å². The van der Waals surface area contributed by atoms with Gasteiger partial charge in [-0.1, -0.05) is 0 Å². The maximum absolute atomic E-state index is 11.9. The van der Waals surface area contributed by atoms with Crippen molar-refractivity contribution < 1.29 is 13.5 Å². The van der Waals surface area contributed by atoms with E-state index < -0.39 is 6.61 Å². The molecule has 14 heavy (non-hydrogen) atoms. The summed E-state index contributed by atoms with van der Waals surface area (Å²) in [6.45, 7) is 0.910. The highest BCUT2D eigenvalue weighted by atomic mass is 35.5. The van der Waals surface area contributed by atoms with Gasteiger partial charge in [0.25, 0.3) is 0 Å². The summed E-state index contributed by atoms with van der Waals surface area (Å²) in [5, 5.41) is 3.16. The van der Waals surface area contributed by atoms with Gasteiger partial charge in [0.2, 0.25) is 0 Å². The Labute approximate surface area is 88.2 Å². The zero-order valence-electron chi connectivity index (χ0n) is 7.79. The van der Waals surface area contributed by atoms with Gasteiger partial charge in [-0.2, -0.15) is 8.78 Å². The second kappa shape index (κ2) is 5.21. The van der Waals surface area contributed by atoms with E-state index >= 15 is 0 Å². The van der Waals surface area contributed by atoms with Gasteiger partial charge < -0.3 is 10.1 Å². The van der Waals surface area contributed by atoms with Crippen LogP contribution >= 0.6 is 12.4 Å². The quantitative estimate of drug-likeness (QED) is 0.770. The SMILES string of the molecule is Cl.FC(F)O[C@@H]1CCN(C2CNC2)C1. The third-order valence-corrected chi connectivity index (χ3v) is 2.75. The van der Waals surface area contributed by atoms with Crippen molar-refractivity contribution >= 4 is 12.4 Å². The predicted octanol–water partition coefficient (Wildman–Crippen LogP) is 0.694. The van der Waals surface area contributed by atoms with Crippen LogP contribution in [0.3, 0.4) is 0 Å². The molecule has 6 heteroatoms. The largest absolute Gasteiger partial charge is 0.345 e. The number of likely N-dealkylation sites (tertiary alicyclic amines) is 1. The van der Waals surface area contributed by atoms with Crippen molar-refractivity contribution in [3.05, 3.63) is 0 Å². The molecule has 84 valence electrons. The number of alkyl halides is 2. The zero-order valence-corrected chi connectivity index (χ0v) is 8.60. The number of nitrogens with zero attached hydrogens (tertiary/aromatic N) is 1. The van der Waals surface area contributed by atoms with Gasteiger partial charge in [-0.3, -0.25) is 4.90 Å². The first-order chi connectivity index (χ1) is 6.25. The van der Waals surface area contributed by atoms with Crippen molar-refractivity contribution in [1.82, 2.24) is 10.2 Å². The van der Waals surface area contributed by atoms with E-state index in [2.05, 4.69) is 15.0 Å². The fraction of sp³-hybridized carbons (Fsp3) is 1.00. The van der Waals surface area contributed by atoms with E-state index in [1.165, 1.54) is 0 Å². The molecule has 0 radical (unpaired) electrons. The number of halogens is 3. The first-order valence-corrected chi connectivity index (χ1v) is 4.64. The molecule has 2 aliphatic heterocycles. The fourth-order valence-corrected chi connectivity index (χ4v) is 1.87. The van der Waals surface area contributed by atoms with E-state index in [9.17, 15) is 8.78 Å². The Bertz CT molecular complexity index is 181. The van der Waals surface area contributed by atoms with Gasteiger partial charge >= 0.3 is 6.61 Å². The van der Waals surface area contributed by atoms with Crippen LogP contribution in [-0.4, -0.2) is 49.8 Å². The van der Waals surface area contributed by atoms with Gasteiger partial charge in [0.1, 0.15) is 0 Å². The molecule has 0 saturated carbocycles. The van der Waals surface area contributed by atoms with E-state index in [0.717, 1.165) is 26.1 Å². The molecule has 0 bridgehead atoms. The van der Waals surface area contributed by atoms with Crippen LogP contribution < -0.4 is 5.32 Å². The molecule has 0 aliphatic carbocycles. The maximum Gasteiger partial charge on any atom is 0.345 e. The molecule has 0 aromatic rings. The summed E-state index contributed by atoms with van der Waals surface area (Å²) >= 11 is 0. The highest BCUT2D eigenvalue weighted by Crippen LogP contribution is 2.19. The summed E-state index contributed by atoms with van der Waals surface area (Å²) < 4.78 is 28.2. The van der Waals surface area contributed by atoms with Gasteiger partial charge in [0, 0.05) is 32.2 Å². The first kappa shape index (κ1) is 12.1. The van der Waals surface area contributed by atoms with Crippen LogP contribution in [0.2, 0.25) is 0 Å². The van der Waals surface area contributed by atoms with Crippen LogP contribution in [0.5, 0.6) is 0 Å². The van der Waals surface area contributed by atoms with Gasteiger partial charge in [0.15, 0.2) is 0 Å². The molecule has 2 heterocycles. The molecule has 1 N–H and O–H groups in total. The fourth-order valence-electron chi connectivity index (χ4n) is 1.87. The van der Waals surface area contributed by atoms with Crippen molar-refractivity contribution in [1.29, 1.82) is 0 Å². The summed E-state index contributed by atoms with van der Waals surface area (Å²) in [6.07, 6.45) is 0.474. The minimum atomic E-state index is -2.62. The van der Waals surface area contributed by atoms with Crippen molar-refractivity contribution in [3.63, 3.8) is 0 Å². The van der Waals surface area contributed by atoms with Gasteiger partial charge in [-0.05, 0) is 6.42 Å². The topological polar surface area (TPSA) is 24.5 Å². The second-order valence-corrected chi connectivity index (χ2v) is 3.61. The van der Waals surface area contributed by atoms with Crippen LogP contribution in [0, 0.1) is 0 Å². The number of hydrogen-bond acceptors (Lipinski definition) is 3. The minimum absolute atomic E-state index is 0. The van der Waals surface area contributed by atoms with Crippen LogP contribution in [0.25, 0.3) is 0 Å². The monoisotopic (exact) mass is 228 g/mol. The average Bonchev–Trinajstić information content (AvgIpc) is 2.31. The van der Waals surface area contributed by atoms with Gasteiger partial charge in [0.05, 0.1) is 6.10 Å². The van der Waals surface area contributed by atoms with Crippen LogP contribution in [0.4, 0.5) is 8.78 Å². The van der Waals surface area contributed by atoms with Gasteiger partial charge in [-0.25, -0.2) is 0 Å². The van der Waals surface area contributed by atoms with Crippen molar-refractivity contribution in [3.8, 4) is 0 Å². The molecule has 2 fully saturated rings. The van der Waals surface area contributed by atoms with Crippen LogP contribution in [0.1, 0.15) is 6.42 Å². The predicted molar refractivity (Wildman–Crippen MR) is 51.0 cm³/mol. The molecule has 2 aliphatic rings. The maximum atomic E-state index is 11.9. The Morgan fingerprint density at radius 1 is 1.36 bits per heavy atom. The lowest BCUT2D eigenvalue weighted by Gasteiger charge is -2.35. The van der Waals surface area contributed by atoms with E-state index in [4.69, 9.17) is 0 Å². The van der Waals surface area contributed by atoms with Crippen LogP contribution in [-0.2, 0) is 4.74 Å². The molecular weight excluding hydrogens is 214 g/mol. The van der Waals surface area contributed by atoms with Crippen LogP contribution in [0.15, 0.2) is 0 Å². The number of rotatable bonds is 3. The molecule has 3 nitrogen and oxygen atoms in total. The van der Waals surface area contributed by atoms with E-state index in [1.807, 2.05) is 0 Å². The molecule has 0 aromatic heterocycles. The van der Waals surface area contributed by atoms with E-state index in [1.54, 1.807) is 0 Å². The summed E-state index contributed by atoms with van der Waals surface area (Å²) in [4.78, 5) is 2.23. The Morgan fingerprint density at radius 3 is 2.57 bits per heavy atom. The second-order valence-electron chi connectivity index (χ2n) is 3.61. The molecule has 0 spiro atoms. The third kappa shape index (κ3) is 2.76. The number of nitrogens with one attached hydrogen (secondary N) is 1. The summed E-state index contributed by atoms with van der Waals surface area (Å²) in [6, 6.07) is 0.547. The minimum Gasteiger partial charge on any atom is -0.318 e. The normalized spacial score (nSPS) is 28.9. The smallest absolute Gasteiger partial charge is 0.318 e. The lowest BCUT2D eigenvalue weighted by molar-refractivity contribution is -0.159. The summed E-state index contributed by atoms with van der Waals surface area (Å²) in [5.74, 6) is 0. The molecule has 0 aromatic carbocycles. The highest BCUT2D eigenvalue weighted by molar-refractivity contribution is 5.85. The zero-order chi connectivity index (χ0) is 9.26. The Kier molecular flexibility index (Phi) is 4.50. The van der Waals surface area contributed by atoms with E-state index in [0.29, 0.717) is 12.6 Å². The standard InChI is InChI=1S/C8H14F2N2O.ClH/c9-8(10)13-7-1-2-12(5-7)6-3-11-4-6;/h6-8,11H,1-5H2;1H/t7-;/m1./s1. The molecular formula is C8H15ClF2N2O. The Hall–Kier alpha value is 0.0300. The number of hydrogen-bond donors (Lipinski definition) is 1. The first-order valence-electron chi connectivity index (χ1n) is 4.64. The lowest BCUT2D eigenvalue weighted by atomic mass is 10.1. The summed E-state index contributed by atoms with van der Waals surface area (Å²) in [7, 11) is 0. The van der Waals surface area contributed by atoms with Gasteiger partial charge in [-0.15, -0.1) is 12.4 Å². The summed E-state index contributed by atoms with van der Waals surface area (Å²) in [5.41, 5.74) is 0. The third-order valence-electron chi connectivity index (χ3n) is 2.75. The molecule has 2 rings (SSSR count). The van der Waals surface area contributed by atoms with Crippen molar-refractivity contribution in [2.24, 2.45) is 0 Å². The number of ether oxygens (including phenoxy) is 1. The molecule has 0 amide bonds. The highest BCUT2D eigenvalue weighted by Gasteiger charge is 2.32. The Morgan fingerprint density at radius 2 is 2.07 bits per heavy atom. The molecule has 1 atom stereocenters.